The smallest absolute Gasteiger partial charge is 0.162 e. The monoisotopic (exact) mass is 330 g/mol. The van der Waals surface area contributed by atoms with Gasteiger partial charge < -0.3 is 0 Å². The van der Waals surface area contributed by atoms with Crippen molar-refractivity contribution in [1.82, 2.24) is 9.97 Å². The van der Waals surface area contributed by atoms with Gasteiger partial charge in [-0.1, -0.05) is 23.2 Å². The zero-order valence-corrected chi connectivity index (χ0v) is 12.4. The number of nitrogens with zero attached hydrogens (tertiary/aromatic N) is 2. The summed E-state index contributed by atoms with van der Waals surface area (Å²) in [5.74, 6) is 0.576. The molecule has 0 aliphatic heterocycles. The van der Waals surface area contributed by atoms with E-state index in [1.807, 2.05) is 13.8 Å². The van der Waals surface area contributed by atoms with E-state index in [1.165, 1.54) is 0 Å². The maximum absolute atomic E-state index is 6.12. The first-order chi connectivity index (χ1) is 7.99. The highest BCUT2D eigenvalue weighted by molar-refractivity contribution is 9.10. The fourth-order valence-corrected chi connectivity index (χ4v) is 2.21. The Morgan fingerprint density at radius 2 is 1.82 bits per heavy atom. The first-order valence-electron chi connectivity index (χ1n) is 4.95. The zero-order valence-electron chi connectivity index (χ0n) is 9.26. The predicted octanol–water partition coefficient (Wildman–Crippen LogP) is 4.83. The third-order valence-corrected chi connectivity index (χ3v) is 3.84. The van der Waals surface area contributed by atoms with Crippen molar-refractivity contribution >= 4 is 39.1 Å². The van der Waals surface area contributed by atoms with Gasteiger partial charge in [0, 0.05) is 21.8 Å². The SMILES string of the molecule is Cc1nc(-c2cc(Cl)ccc2Cl)nc(Br)c1C. The molecule has 2 aromatic rings. The number of hydrogen-bond donors (Lipinski definition) is 0. The summed E-state index contributed by atoms with van der Waals surface area (Å²) in [5.41, 5.74) is 2.67. The summed E-state index contributed by atoms with van der Waals surface area (Å²) in [5, 5.41) is 1.20. The lowest BCUT2D eigenvalue weighted by Crippen LogP contribution is -1.97. The number of benzene rings is 1. The maximum atomic E-state index is 6.12. The first kappa shape index (κ1) is 12.8. The molecular formula is C12H9BrCl2N2. The Morgan fingerprint density at radius 3 is 2.47 bits per heavy atom. The highest BCUT2D eigenvalue weighted by atomic mass is 79.9. The van der Waals surface area contributed by atoms with E-state index in [9.17, 15) is 0 Å². The molecule has 0 radical (unpaired) electrons. The molecule has 88 valence electrons. The topological polar surface area (TPSA) is 25.8 Å². The molecule has 1 heterocycles. The minimum atomic E-state index is 0.576. The molecule has 0 aliphatic carbocycles. The zero-order chi connectivity index (χ0) is 12.6. The number of aromatic nitrogens is 2. The molecule has 0 saturated heterocycles. The Hall–Kier alpha value is -0.640. The van der Waals surface area contributed by atoms with Crippen molar-refractivity contribution < 1.29 is 0 Å². The molecule has 2 rings (SSSR count). The molecule has 1 aromatic heterocycles. The van der Waals surface area contributed by atoms with Gasteiger partial charge >= 0.3 is 0 Å². The number of hydrogen-bond acceptors (Lipinski definition) is 2. The molecule has 2 nitrogen and oxygen atoms in total. The van der Waals surface area contributed by atoms with Gasteiger partial charge in [0.2, 0.25) is 0 Å². The summed E-state index contributed by atoms with van der Waals surface area (Å²) in [6, 6.07) is 5.25. The summed E-state index contributed by atoms with van der Waals surface area (Å²) < 4.78 is 0.774. The van der Waals surface area contributed by atoms with Gasteiger partial charge in [0.1, 0.15) is 4.60 Å². The summed E-state index contributed by atoms with van der Waals surface area (Å²) in [6.45, 7) is 3.90. The largest absolute Gasteiger partial charge is 0.233 e. The fraction of sp³-hybridized carbons (Fsp3) is 0.167. The quantitative estimate of drug-likeness (QED) is 0.699. The van der Waals surface area contributed by atoms with E-state index < -0.39 is 0 Å². The fourth-order valence-electron chi connectivity index (χ4n) is 1.38. The van der Waals surface area contributed by atoms with Crippen molar-refractivity contribution in [1.29, 1.82) is 0 Å². The summed E-state index contributed by atoms with van der Waals surface area (Å²) in [6.07, 6.45) is 0. The van der Waals surface area contributed by atoms with Gasteiger partial charge in [0.25, 0.3) is 0 Å². The molecule has 0 aliphatic rings. The average molecular weight is 332 g/mol. The van der Waals surface area contributed by atoms with Crippen LogP contribution in [0.15, 0.2) is 22.8 Å². The predicted molar refractivity (Wildman–Crippen MR) is 74.7 cm³/mol. The number of halogens is 3. The van der Waals surface area contributed by atoms with Crippen molar-refractivity contribution in [3.8, 4) is 11.4 Å². The highest BCUT2D eigenvalue weighted by Crippen LogP contribution is 2.30. The molecule has 0 saturated carbocycles. The van der Waals surface area contributed by atoms with Gasteiger partial charge in [-0.25, -0.2) is 9.97 Å². The van der Waals surface area contributed by atoms with Gasteiger partial charge in [-0.2, -0.15) is 0 Å². The van der Waals surface area contributed by atoms with Crippen molar-refractivity contribution in [2.45, 2.75) is 13.8 Å². The second-order valence-corrected chi connectivity index (χ2v) is 5.27. The Bertz CT molecular complexity index is 562. The molecule has 17 heavy (non-hydrogen) atoms. The molecule has 0 spiro atoms. The number of rotatable bonds is 1. The van der Waals surface area contributed by atoms with Crippen molar-refractivity contribution in [3.63, 3.8) is 0 Å². The van der Waals surface area contributed by atoms with Crippen LogP contribution in [0.3, 0.4) is 0 Å². The lowest BCUT2D eigenvalue weighted by molar-refractivity contribution is 1.05. The Morgan fingerprint density at radius 1 is 1.12 bits per heavy atom. The van der Waals surface area contributed by atoms with Crippen LogP contribution in [0.5, 0.6) is 0 Å². The van der Waals surface area contributed by atoms with E-state index in [4.69, 9.17) is 23.2 Å². The minimum absolute atomic E-state index is 0.576. The average Bonchev–Trinajstić information content (AvgIpc) is 2.28. The van der Waals surface area contributed by atoms with E-state index in [0.29, 0.717) is 15.9 Å². The molecular weight excluding hydrogens is 323 g/mol. The Kier molecular flexibility index (Phi) is 3.71. The Labute approximate surface area is 118 Å². The molecule has 0 amide bonds. The second-order valence-electron chi connectivity index (χ2n) is 3.67. The van der Waals surface area contributed by atoms with E-state index in [1.54, 1.807) is 18.2 Å². The van der Waals surface area contributed by atoms with E-state index in [2.05, 4.69) is 25.9 Å². The van der Waals surface area contributed by atoms with Gasteiger partial charge in [0.05, 0.1) is 5.02 Å². The molecule has 0 N–H and O–H groups in total. The lowest BCUT2D eigenvalue weighted by atomic mass is 10.2. The van der Waals surface area contributed by atoms with Crippen molar-refractivity contribution in [2.24, 2.45) is 0 Å². The summed E-state index contributed by atoms with van der Waals surface area (Å²) >= 11 is 15.5. The standard InChI is InChI=1S/C12H9BrCl2N2/c1-6-7(2)16-12(17-11(6)13)9-5-8(14)3-4-10(9)15/h3-5H,1-2H3. The second kappa shape index (κ2) is 4.92. The van der Waals surface area contributed by atoms with Crippen LogP contribution in [0.4, 0.5) is 0 Å². The van der Waals surface area contributed by atoms with E-state index in [0.717, 1.165) is 21.4 Å². The van der Waals surface area contributed by atoms with E-state index >= 15 is 0 Å². The van der Waals surface area contributed by atoms with Crippen LogP contribution in [0.25, 0.3) is 11.4 Å². The summed E-state index contributed by atoms with van der Waals surface area (Å²) in [7, 11) is 0. The molecule has 0 bridgehead atoms. The third kappa shape index (κ3) is 2.62. The lowest BCUT2D eigenvalue weighted by Gasteiger charge is -2.07. The third-order valence-electron chi connectivity index (χ3n) is 2.50. The highest BCUT2D eigenvalue weighted by Gasteiger charge is 2.11. The van der Waals surface area contributed by atoms with Crippen molar-refractivity contribution in [3.05, 3.63) is 44.1 Å². The normalized spacial score (nSPS) is 10.6. The summed E-state index contributed by atoms with van der Waals surface area (Å²) in [4.78, 5) is 8.79. The molecule has 0 atom stereocenters. The van der Waals surface area contributed by atoms with Crippen molar-refractivity contribution in [2.75, 3.05) is 0 Å². The Balaban J connectivity index is 2.64. The maximum Gasteiger partial charge on any atom is 0.162 e. The van der Waals surface area contributed by atoms with Crippen LogP contribution in [0.1, 0.15) is 11.3 Å². The molecule has 0 fully saturated rings. The first-order valence-corrected chi connectivity index (χ1v) is 6.50. The number of aryl methyl sites for hydroxylation is 1. The van der Waals surface area contributed by atoms with Gasteiger partial charge in [-0.05, 0) is 48.0 Å². The molecule has 0 unspecified atom stereocenters. The molecule has 1 aromatic carbocycles. The minimum Gasteiger partial charge on any atom is -0.233 e. The molecule has 5 heteroatoms. The van der Waals surface area contributed by atoms with Crippen LogP contribution in [0, 0.1) is 13.8 Å². The van der Waals surface area contributed by atoms with Gasteiger partial charge in [-0.3, -0.25) is 0 Å². The van der Waals surface area contributed by atoms with Crippen LogP contribution in [-0.4, -0.2) is 9.97 Å². The van der Waals surface area contributed by atoms with Crippen LogP contribution in [-0.2, 0) is 0 Å². The van der Waals surface area contributed by atoms with Crippen LogP contribution in [0.2, 0.25) is 10.0 Å². The van der Waals surface area contributed by atoms with Gasteiger partial charge in [-0.15, -0.1) is 0 Å². The van der Waals surface area contributed by atoms with E-state index in [-0.39, 0.29) is 0 Å². The van der Waals surface area contributed by atoms with Crippen LogP contribution >= 0.6 is 39.1 Å². The van der Waals surface area contributed by atoms with Gasteiger partial charge in [0.15, 0.2) is 5.82 Å². The van der Waals surface area contributed by atoms with Crippen LogP contribution < -0.4 is 0 Å².